The van der Waals surface area contributed by atoms with Gasteiger partial charge in [0.2, 0.25) is 0 Å². The molecule has 0 aromatic carbocycles. The lowest BCUT2D eigenvalue weighted by Gasteiger charge is -2.04. The van der Waals surface area contributed by atoms with Crippen LogP contribution in [0.25, 0.3) is 0 Å². The number of hydrogen-bond donors (Lipinski definition) is 1. The maximum atomic E-state index is 10.9. The first kappa shape index (κ1) is 18.0. The Hall–Kier alpha value is -1.36. The first-order valence-corrected chi connectivity index (χ1v) is 5.51. The topological polar surface area (TPSA) is 72.8 Å². The van der Waals surface area contributed by atoms with Gasteiger partial charge in [-0.25, -0.2) is 4.79 Å². The maximum absolute atomic E-state index is 10.9. The van der Waals surface area contributed by atoms with Gasteiger partial charge in [0.05, 0.1) is 6.61 Å². The van der Waals surface area contributed by atoms with Crippen LogP contribution in [0.5, 0.6) is 0 Å². The molecule has 5 heteroatoms. The minimum atomic E-state index is -0.833. The van der Waals surface area contributed by atoms with E-state index in [0.29, 0.717) is 18.8 Å². The van der Waals surface area contributed by atoms with Crippen LogP contribution in [-0.2, 0) is 19.1 Å². The van der Waals surface area contributed by atoms with Gasteiger partial charge in [0.1, 0.15) is 6.61 Å². The quantitative estimate of drug-likeness (QED) is 0.422. The minimum absolute atomic E-state index is 0.315. The van der Waals surface area contributed by atoms with Gasteiger partial charge in [0.25, 0.3) is 5.97 Å². The van der Waals surface area contributed by atoms with Crippen molar-refractivity contribution >= 4 is 11.9 Å². The molecule has 0 heterocycles. The molecule has 0 unspecified atom stereocenters. The number of carbonyl (C=O) groups excluding carboxylic acids is 1. The molecule has 0 aliphatic heterocycles. The molecule has 0 fully saturated rings. The number of carboxylic acids is 1. The van der Waals surface area contributed by atoms with Crippen LogP contribution in [0, 0.1) is 0 Å². The first-order chi connectivity index (χ1) is 7.91. The van der Waals surface area contributed by atoms with Crippen LogP contribution >= 0.6 is 0 Å². The Morgan fingerprint density at radius 2 is 1.71 bits per heavy atom. The number of ether oxygens (including phenoxy) is 2. The number of hydrogen-bond acceptors (Lipinski definition) is 4. The van der Waals surface area contributed by atoms with Gasteiger partial charge in [-0.15, -0.1) is 0 Å². The first-order valence-electron chi connectivity index (χ1n) is 5.51. The highest BCUT2D eigenvalue weighted by Crippen LogP contribution is 1.92. The molecule has 0 aromatic rings. The molecule has 0 aromatic heterocycles. The fraction of sp³-hybridized carbons (Fsp3) is 0.667. The van der Waals surface area contributed by atoms with E-state index in [1.54, 1.807) is 6.92 Å². The largest absolute Gasteiger partial charge is 0.481 e. The number of aliphatic carboxylic acids is 1. The zero-order valence-electron chi connectivity index (χ0n) is 10.8. The Labute approximate surface area is 102 Å². The second kappa shape index (κ2) is 12.7. The molecule has 17 heavy (non-hydrogen) atoms. The summed E-state index contributed by atoms with van der Waals surface area (Å²) in [6, 6.07) is 0. The molecule has 100 valence electrons. The predicted molar refractivity (Wildman–Crippen MR) is 64.8 cm³/mol. The van der Waals surface area contributed by atoms with Crippen molar-refractivity contribution in [3.8, 4) is 0 Å². The molecular formula is C12H22O5. The van der Waals surface area contributed by atoms with E-state index in [4.69, 9.17) is 19.4 Å². The van der Waals surface area contributed by atoms with E-state index in [1.165, 1.54) is 0 Å². The smallest absolute Gasteiger partial charge is 0.333 e. The van der Waals surface area contributed by atoms with E-state index >= 15 is 0 Å². The average Bonchev–Trinajstić information content (AvgIpc) is 2.21. The van der Waals surface area contributed by atoms with Crippen molar-refractivity contribution in [2.75, 3.05) is 19.8 Å². The van der Waals surface area contributed by atoms with Gasteiger partial charge in [-0.05, 0) is 13.3 Å². The van der Waals surface area contributed by atoms with Crippen molar-refractivity contribution in [3.63, 3.8) is 0 Å². The van der Waals surface area contributed by atoms with Gasteiger partial charge in [-0.1, -0.05) is 19.9 Å². The van der Waals surface area contributed by atoms with Gasteiger partial charge in [-0.3, -0.25) is 4.79 Å². The molecule has 0 rings (SSSR count). The molecule has 0 saturated heterocycles. The van der Waals surface area contributed by atoms with Crippen molar-refractivity contribution in [2.45, 2.75) is 33.6 Å². The van der Waals surface area contributed by atoms with Crippen molar-refractivity contribution in [1.82, 2.24) is 0 Å². The Balaban J connectivity index is 0. The maximum Gasteiger partial charge on any atom is 0.333 e. The second-order valence-electron chi connectivity index (χ2n) is 3.40. The molecule has 0 amide bonds. The molecule has 0 spiro atoms. The van der Waals surface area contributed by atoms with Crippen molar-refractivity contribution < 1.29 is 24.2 Å². The standard InChI is InChI=1S/C10H18O3.C2H4O2/c1-4-5-6-12-7-8-13-10(11)9(2)3;1-2(3)4/h2,4-8H2,1,3H3;1H3,(H,3,4). The van der Waals surface area contributed by atoms with Crippen molar-refractivity contribution in [3.05, 3.63) is 12.2 Å². The molecule has 0 aliphatic rings. The summed E-state index contributed by atoms with van der Waals surface area (Å²) in [6.07, 6.45) is 2.17. The van der Waals surface area contributed by atoms with Crippen LogP contribution in [0.3, 0.4) is 0 Å². The van der Waals surface area contributed by atoms with Crippen LogP contribution in [0.15, 0.2) is 12.2 Å². The number of carboxylic acid groups (broad SMARTS) is 1. The lowest BCUT2D eigenvalue weighted by Crippen LogP contribution is -2.11. The molecule has 0 radical (unpaired) electrons. The minimum Gasteiger partial charge on any atom is -0.481 e. The van der Waals surface area contributed by atoms with E-state index in [2.05, 4.69) is 13.5 Å². The lowest BCUT2D eigenvalue weighted by molar-refractivity contribution is -0.140. The van der Waals surface area contributed by atoms with Gasteiger partial charge in [-0.2, -0.15) is 0 Å². The van der Waals surface area contributed by atoms with Crippen LogP contribution in [-0.4, -0.2) is 36.9 Å². The molecule has 1 N–H and O–H groups in total. The summed E-state index contributed by atoms with van der Waals surface area (Å²) >= 11 is 0. The Morgan fingerprint density at radius 3 is 2.12 bits per heavy atom. The molecule has 0 saturated carbocycles. The van der Waals surface area contributed by atoms with E-state index < -0.39 is 5.97 Å². The number of unbranched alkanes of at least 4 members (excludes halogenated alkanes) is 1. The monoisotopic (exact) mass is 246 g/mol. The summed E-state index contributed by atoms with van der Waals surface area (Å²) in [5.41, 5.74) is 0.425. The molecular weight excluding hydrogens is 224 g/mol. The SMILES string of the molecule is C=C(C)C(=O)OCCOCCCC.CC(=O)O. The van der Waals surface area contributed by atoms with Crippen LogP contribution < -0.4 is 0 Å². The summed E-state index contributed by atoms with van der Waals surface area (Å²) in [6.45, 7) is 9.80. The Kier molecular flexibility index (Phi) is 13.5. The highest BCUT2D eigenvalue weighted by Gasteiger charge is 2.01. The highest BCUT2D eigenvalue weighted by molar-refractivity contribution is 5.86. The van der Waals surface area contributed by atoms with Crippen LogP contribution in [0.4, 0.5) is 0 Å². The Morgan fingerprint density at radius 1 is 1.18 bits per heavy atom. The molecule has 0 aliphatic carbocycles. The van der Waals surface area contributed by atoms with Crippen LogP contribution in [0.1, 0.15) is 33.6 Å². The zero-order chi connectivity index (χ0) is 13.7. The van der Waals surface area contributed by atoms with Crippen LogP contribution in [0.2, 0.25) is 0 Å². The zero-order valence-corrected chi connectivity index (χ0v) is 10.8. The van der Waals surface area contributed by atoms with Gasteiger partial charge >= 0.3 is 5.97 Å². The fourth-order valence-corrected chi connectivity index (χ4v) is 0.665. The van der Waals surface area contributed by atoms with E-state index in [-0.39, 0.29) is 5.97 Å². The fourth-order valence-electron chi connectivity index (χ4n) is 0.665. The van der Waals surface area contributed by atoms with Crippen molar-refractivity contribution in [1.29, 1.82) is 0 Å². The molecule has 0 bridgehead atoms. The third-order valence-corrected chi connectivity index (χ3v) is 1.45. The summed E-state index contributed by atoms with van der Waals surface area (Å²) in [7, 11) is 0. The summed E-state index contributed by atoms with van der Waals surface area (Å²) in [4.78, 5) is 19.9. The van der Waals surface area contributed by atoms with E-state index in [9.17, 15) is 4.79 Å². The normalized spacial score (nSPS) is 8.88. The van der Waals surface area contributed by atoms with Gasteiger partial charge < -0.3 is 14.6 Å². The number of carbonyl (C=O) groups is 2. The molecule has 0 atom stereocenters. The van der Waals surface area contributed by atoms with Gasteiger partial charge in [0, 0.05) is 19.1 Å². The second-order valence-corrected chi connectivity index (χ2v) is 3.40. The molecule has 5 nitrogen and oxygen atoms in total. The van der Waals surface area contributed by atoms with E-state index in [0.717, 1.165) is 26.4 Å². The third kappa shape index (κ3) is 20.7. The lowest BCUT2D eigenvalue weighted by atomic mass is 10.4. The predicted octanol–water partition coefficient (Wildman–Crippen LogP) is 2.01. The Bertz CT molecular complexity index is 231. The highest BCUT2D eigenvalue weighted by atomic mass is 16.6. The number of rotatable bonds is 7. The number of esters is 1. The summed E-state index contributed by atoms with van der Waals surface area (Å²) < 4.78 is 10.0. The van der Waals surface area contributed by atoms with E-state index in [1.807, 2.05) is 0 Å². The van der Waals surface area contributed by atoms with Gasteiger partial charge in [0.15, 0.2) is 0 Å². The average molecular weight is 246 g/mol. The summed E-state index contributed by atoms with van der Waals surface area (Å²) in [5.74, 6) is -1.18. The third-order valence-electron chi connectivity index (χ3n) is 1.45. The van der Waals surface area contributed by atoms with Crippen molar-refractivity contribution in [2.24, 2.45) is 0 Å². The summed E-state index contributed by atoms with van der Waals surface area (Å²) in [5, 5.41) is 7.42.